The number of hydrogen-bond acceptors (Lipinski definition) is 3. The van der Waals surface area contributed by atoms with Crippen LogP contribution in [0.5, 0.6) is 0 Å². The van der Waals surface area contributed by atoms with Crippen LogP contribution < -0.4 is 5.69 Å². The molecule has 0 saturated carbocycles. The molecule has 0 fully saturated rings. The molecule has 3 rings (SSSR count). The lowest BCUT2D eigenvalue weighted by Crippen LogP contribution is -2.27. The van der Waals surface area contributed by atoms with Crippen LogP contribution in [0.2, 0.25) is 0 Å². The third-order valence-electron chi connectivity index (χ3n) is 4.35. The molecule has 0 saturated heterocycles. The first-order valence-corrected chi connectivity index (χ1v) is 8.20. The summed E-state index contributed by atoms with van der Waals surface area (Å²) in [6.45, 7) is 0.979. The molecule has 0 bridgehead atoms. The normalized spacial score (nSPS) is 12.9. The molecule has 0 aliphatic carbocycles. The molecule has 0 aliphatic rings. The van der Waals surface area contributed by atoms with Crippen LogP contribution in [-0.4, -0.2) is 15.1 Å². The summed E-state index contributed by atoms with van der Waals surface area (Å²) in [6, 6.07) is 11.8. The van der Waals surface area contributed by atoms with Crippen molar-refractivity contribution in [2.24, 2.45) is 7.05 Å². The van der Waals surface area contributed by atoms with Gasteiger partial charge in [0.05, 0.1) is 16.6 Å². The maximum atomic E-state index is 13.1. The first-order valence-electron chi connectivity index (χ1n) is 8.20. The minimum Gasteiger partial charge on any atom is -0.456 e. The number of nitrogens with zero attached hydrogens (tertiary/aromatic N) is 2. The summed E-state index contributed by atoms with van der Waals surface area (Å²) in [6.07, 6.45) is -5.66. The van der Waals surface area contributed by atoms with E-state index in [0.29, 0.717) is 11.0 Å². The van der Waals surface area contributed by atoms with Crippen molar-refractivity contribution in [2.45, 2.75) is 25.7 Å². The quantitative estimate of drug-likeness (QED) is 0.651. The van der Waals surface area contributed by atoms with Gasteiger partial charge in [-0.1, -0.05) is 30.3 Å². The number of esters is 1. The fraction of sp³-hybridized carbons (Fsp3) is 0.263. The van der Waals surface area contributed by atoms with Crippen LogP contribution in [0.25, 0.3) is 11.0 Å². The van der Waals surface area contributed by atoms with E-state index in [-0.39, 0.29) is 5.56 Å². The Morgan fingerprint density at radius 2 is 1.67 bits per heavy atom. The van der Waals surface area contributed by atoms with E-state index in [1.807, 2.05) is 0 Å². The van der Waals surface area contributed by atoms with E-state index in [2.05, 4.69) is 0 Å². The Labute approximate surface area is 152 Å². The van der Waals surface area contributed by atoms with Crippen LogP contribution in [0.1, 0.15) is 24.2 Å². The predicted octanol–water partition coefficient (Wildman–Crippen LogP) is 3.66. The lowest BCUT2D eigenvalue weighted by atomic mass is 10.0. The van der Waals surface area contributed by atoms with Gasteiger partial charge in [0.1, 0.15) is 12.6 Å². The summed E-state index contributed by atoms with van der Waals surface area (Å²) in [5, 5.41) is 0. The molecule has 0 radical (unpaired) electrons. The Kier molecular flexibility index (Phi) is 4.82. The van der Waals surface area contributed by atoms with Gasteiger partial charge in [-0.15, -0.1) is 0 Å². The summed E-state index contributed by atoms with van der Waals surface area (Å²) in [5.41, 5.74) is -0.205. The summed E-state index contributed by atoms with van der Waals surface area (Å²) >= 11 is 0. The molecular weight excluding hydrogens is 361 g/mol. The number of hydrogen-bond donors (Lipinski definition) is 0. The summed E-state index contributed by atoms with van der Waals surface area (Å²) in [5.74, 6) is -0.794. The number of ether oxygens (including phenoxy) is 1. The minimum atomic E-state index is -4.55. The molecule has 27 heavy (non-hydrogen) atoms. The van der Waals surface area contributed by atoms with Crippen LogP contribution in [0.4, 0.5) is 13.2 Å². The van der Waals surface area contributed by atoms with Gasteiger partial charge in [0.15, 0.2) is 0 Å². The first-order chi connectivity index (χ1) is 12.7. The minimum absolute atomic E-state index is 0.136. The molecular formula is C19H17F3N2O3. The van der Waals surface area contributed by atoms with E-state index in [1.54, 1.807) is 31.3 Å². The highest BCUT2D eigenvalue weighted by Gasteiger charge is 2.35. The molecule has 0 unspecified atom stereocenters. The van der Waals surface area contributed by atoms with Crippen LogP contribution >= 0.6 is 0 Å². The largest absolute Gasteiger partial charge is 0.456 e. The lowest BCUT2D eigenvalue weighted by molar-refractivity contribution is -0.152. The number of halogens is 3. The van der Waals surface area contributed by atoms with E-state index < -0.39 is 36.0 Å². The highest BCUT2D eigenvalue weighted by Crippen LogP contribution is 2.35. The van der Waals surface area contributed by atoms with E-state index in [1.165, 1.54) is 34.3 Å². The topological polar surface area (TPSA) is 53.2 Å². The van der Waals surface area contributed by atoms with Crippen LogP contribution in [0.15, 0.2) is 53.3 Å². The fourth-order valence-electron chi connectivity index (χ4n) is 3.05. The van der Waals surface area contributed by atoms with Crippen LogP contribution in [0, 0.1) is 0 Å². The van der Waals surface area contributed by atoms with Crippen molar-refractivity contribution in [1.29, 1.82) is 0 Å². The maximum Gasteiger partial charge on any atom is 0.416 e. The number of benzene rings is 2. The highest BCUT2D eigenvalue weighted by molar-refractivity contribution is 5.78. The van der Waals surface area contributed by atoms with Gasteiger partial charge in [0.2, 0.25) is 0 Å². The van der Waals surface area contributed by atoms with Crippen molar-refractivity contribution in [3.05, 3.63) is 70.1 Å². The zero-order chi connectivity index (χ0) is 19.8. The maximum absolute atomic E-state index is 13.1. The molecule has 5 nitrogen and oxygen atoms in total. The molecule has 1 heterocycles. The molecule has 0 amide bonds. The summed E-state index contributed by atoms with van der Waals surface area (Å²) in [7, 11) is 1.58. The molecule has 3 aromatic rings. The Morgan fingerprint density at radius 3 is 2.33 bits per heavy atom. The third-order valence-corrected chi connectivity index (χ3v) is 4.35. The van der Waals surface area contributed by atoms with Crippen molar-refractivity contribution < 1.29 is 22.7 Å². The number of carbonyl (C=O) groups excluding carboxylic acids is 1. The van der Waals surface area contributed by atoms with Gasteiger partial charge in [-0.05, 0) is 25.1 Å². The summed E-state index contributed by atoms with van der Waals surface area (Å²) in [4.78, 5) is 24.6. The Morgan fingerprint density at radius 1 is 1.07 bits per heavy atom. The van der Waals surface area contributed by atoms with Gasteiger partial charge >= 0.3 is 17.8 Å². The highest BCUT2D eigenvalue weighted by atomic mass is 19.4. The molecule has 8 heteroatoms. The molecule has 0 N–H and O–H groups in total. The van der Waals surface area contributed by atoms with Crippen molar-refractivity contribution in [2.75, 3.05) is 0 Å². The summed E-state index contributed by atoms with van der Waals surface area (Å²) < 4.78 is 47.2. The molecule has 1 atom stereocenters. The lowest BCUT2D eigenvalue weighted by Gasteiger charge is -2.19. The number of carbonyl (C=O) groups is 1. The van der Waals surface area contributed by atoms with Crippen LogP contribution in [-0.2, 0) is 29.3 Å². The molecule has 142 valence electrons. The molecule has 1 aromatic heterocycles. The van der Waals surface area contributed by atoms with Gasteiger partial charge in [-0.25, -0.2) is 4.79 Å². The van der Waals surface area contributed by atoms with Gasteiger partial charge in [-0.2, -0.15) is 13.2 Å². The van der Waals surface area contributed by atoms with Gasteiger partial charge in [0, 0.05) is 12.6 Å². The van der Waals surface area contributed by atoms with Gasteiger partial charge in [-0.3, -0.25) is 13.9 Å². The van der Waals surface area contributed by atoms with Crippen molar-refractivity contribution in [3.63, 3.8) is 0 Å². The van der Waals surface area contributed by atoms with E-state index in [4.69, 9.17) is 4.74 Å². The second kappa shape index (κ2) is 6.94. The first kappa shape index (κ1) is 18.8. The Balaban J connectivity index is 1.84. The number of alkyl halides is 3. The van der Waals surface area contributed by atoms with E-state index >= 15 is 0 Å². The van der Waals surface area contributed by atoms with Crippen molar-refractivity contribution >= 4 is 17.0 Å². The Hall–Kier alpha value is -3.03. The molecule has 0 aliphatic heterocycles. The van der Waals surface area contributed by atoms with Gasteiger partial charge in [0.25, 0.3) is 0 Å². The standard InChI is InChI=1S/C19H17F3N2O3/c1-12(13-7-3-4-8-14(13)19(20,21)22)27-17(25)11-24-16-10-6-5-9-15(16)23(2)18(24)26/h3-10,12H,11H2,1-2H3/t12-/m1/s1. The second-order valence-corrected chi connectivity index (χ2v) is 6.13. The van der Waals surface area contributed by atoms with E-state index in [0.717, 1.165) is 6.07 Å². The fourth-order valence-corrected chi connectivity index (χ4v) is 3.05. The number of imidazole rings is 1. The number of para-hydroxylation sites is 2. The monoisotopic (exact) mass is 378 g/mol. The third kappa shape index (κ3) is 3.60. The number of rotatable bonds is 4. The van der Waals surface area contributed by atoms with E-state index in [9.17, 15) is 22.8 Å². The van der Waals surface area contributed by atoms with Crippen molar-refractivity contribution in [3.8, 4) is 0 Å². The van der Waals surface area contributed by atoms with Crippen molar-refractivity contribution in [1.82, 2.24) is 9.13 Å². The average molecular weight is 378 g/mol. The predicted molar refractivity (Wildman–Crippen MR) is 93.1 cm³/mol. The number of aryl methyl sites for hydroxylation is 1. The smallest absolute Gasteiger partial charge is 0.416 e. The second-order valence-electron chi connectivity index (χ2n) is 6.13. The average Bonchev–Trinajstić information content (AvgIpc) is 2.86. The zero-order valence-electron chi connectivity index (χ0n) is 14.7. The molecule has 0 spiro atoms. The zero-order valence-corrected chi connectivity index (χ0v) is 14.7. The Bertz CT molecular complexity index is 1050. The number of fused-ring (bicyclic) bond motifs is 1. The SMILES string of the molecule is C[C@@H](OC(=O)Cn1c(=O)n(C)c2ccccc21)c1ccccc1C(F)(F)F. The molecule has 2 aromatic carbocycles. The van der Waals surface area contributed by atoms with Gasteiger partial charge < -0.3 is 4.74 Å². The number of aromatic nitrogens is 2. The van der Waals surface area contributed by atoms with Crippen LogP contribution in [0.3, 0.4) is 0 Å².